The van der Waals surface area contributed by atoms with E-state index in [4.69, 9.17) is 0 Å². The van der Waals surface area contributed by atoms with Crippen molar-refractivity contribution in [3.63, 3.8) is 0 Å². The van der Waals surface area contributed by atoms with Crippen molar-refractivity contribution in [3.8, 4) is 0 Å². The summed E-state index contributed by atoms with van der Waals surface area (Å²) in [4.78, 5) is 38.9. The Morgan fingerprint density at radius 3 is 2.56 bits per heavy atom. The van der Waals surface area contributed by atoms with Crippen LogP contribution in [0, 0.1) is 0 Å². The molecule has 4 rings (SSSR count). The third kappa shape index (κ3) is 5.31. The monoisotopic (exact) mass is 477 g/mol. The highest BCUT2D eigenvalue weighted by molar-refractivity contribution is 7.15. The van der Waals surface area contributed by atoms with Crippen LogP contribution in [0.5, 0.6) is 0 Å². The van der Waals surface area contributed by atoms with Crippen molar-refractivity contribution in [1.29, 1.82) is 0 Å². The third-order valence-electron chi connectivity index (χ3n) is 5.71. The van der Waals surface area contributed by atoms with Crippen molar-refractivity contribution in [3.05, 3.63) is 64.7 Å². The van der Waals surface area contributed by atoms with Crippen molar-refractivity contribution < 1.29 is 14.4 Å². The molecular formula is C25H27N5O3S. The number of rotatable bonds is 8. The summed E-state index contributed by atoms with van der Waals surface area (Å²) in [7, 11) is 0. The Balaban J connectivity index is 1.38. The average molecular weight is 478 g/mol. The van der Waals surface area contributed by atoms with E-state index in [0.717, 1.165) is 29.1 Å². The third-order valence-corrected chi connectivity index (χ3v) is 6.71. The zero-order valence-corrected chi connectivity index (χ0v) is 20.0. The van der Waals surface area contributed by atoms with Crippen LogP contribution < -0.4 is 15.5 Å². The first-order valence-corrected chi connectivity index (χ1v) is 12.2. The Kier molecular flexibility index (Phi) is 7.32. The second kappa shape index (κ2) is 10.6. The molecule has 1 aliphatic heterocycles. The van der Waals surface area contributed by atoms with Gasteiger partial charge >= 0.3 is 0 Å². The van der Waals surface area contributed by atoms with E-state index in [1.165, 1.54) is 11.3 Å². The van der Waals surface area contributed by atoms with E-state index in [0.29, 0.717) is 35.8 Å². The van der Waals surface area contributed by atoms with Gasteiger partial charge in [0.25, 0.3) is 5.91 Å². The first-order chi connectivity index (χ1) is 16.5. The molecule has 1 aliphatic rings. The smallest absolute Gasteiger partial charge is 0.257 e. The van der Waals surface area contributed by atoms with Gasteiger partial charge in [0.15, 0.2) is 0 Å². The lowest BCUT2D eigenvalue weighted by Crippen LogP contribution is -2.25. The Hall–Kier alpha value is -3.59. The highest BCUT2D eigenvalue weighted by atomic mass is 32.1. The summed E-state index contributed by atoms with van der Waals surface area (Å²) in [5.74, 6) is -0.359. The molecule has 1 saturated heterocycles. The number of nitrogens with one attached hydrogen (secondary N) is 2. The normalized spacial score (nSPS) is 15.4. The summed E-state index contributed by atoms with van der Waals surface area (Å²) in [5, 5.41) is 15.0. The van der Waals surface area contributed by atoms with Gasteiger partial charge in [-0.05, 0) is 48.7 Å². The lowest BCUT2D eigenvalue weighted by molar-refractivity contribution is -0.117. The van der Waals surface area contributed by atoms with E-state index in [9.17, 15) is 14.4 Å². The van der Waals surface area contributed by atoms with Gasteiger partial charge in [0.1, 0.15) is 5.01 Å². The van der Waals surface area contributed by atoms with Crippen LogP contribution in [-0.4, -0.2) is 34.5 Å². The van der Waals surface area contributed by atoms with E-state index in [1.54, 1.807) is 24.3 Å². The van der Waals surface area contributed by atoms with Crippen LogP contribution in [0.15, 0.2) is 48.5 Å². The molecule has 3 amide bonds. The zero-order chi connectivity index (χ0) is 24.1. The predicted molar refractivity (Wildman–Crippen MR) is 133 cm³/mol. The SMILES string of the molecule is CCCC(=O)Nc1ccc(C(=O)Nc2nnc(C3CC(=O)N(c4ccccc4CC)C3)s2)cc1. The Labute approximate surface area is 202 Å². The minimum atomic E-state index is -0.310. The van der Waals surface area contributed by atoms with Gasteiger partial charge in [-0.3, -0.25) is 19.7 Å². The molecule has 0 bridgehead atoms. The molecule has 0 radical (unpaired) electrons. The fraction of sp³-hybridized carbons (Fsp3) is 0.320. The molecule has 1 fully saturated rings. The van der Waals surface area contributed by atoms with Gasteiger partial charge in [-0.25, -0.2) is 0 Å². The maximum Gasteiger partial charge on any atom is 0.257 e. The standard InChI is InChI=1S/C25H27N5O3S/c1-3-7-21(31)26-19-12-10-17(11-13-19)23(33)27-25-29-28-24(34-25)18-14-22(32)30(15-18)20-9-6-5-8-16(20)4-2/h5-6,8-13,18H,3-4,7,14-15H2,1-2H3,(H,26,31)(H,27,29,33). The number of para-hydroxylation sites is 1. The van der Waals surface area contributed by atoms with Gasteiger partial charge < -0.3 is 10.2 Å². The van der Waals surface area contributed by atoms with Crippen LogP contribution in [0.3, 0.4) is 0 Å². The summed E-state index contributed by atoms with van der Waals surface area (Å²) in [6, 6.07) is 14.6. The van der Waals surface area contributed by atoms with Gasteiger partial charge in [-0.15, -0.1) is 10.2 Å². The number of nitrogens with zero attached hydrogens (tertiary/aromatic N) is 3. The predicted octanol–water partition coefficient (Wildman–Crippen LogP) is 4.61. The molecule has 2 heterocycles. The summed E-state index contributed by atoms with van der Waals surface area (Å²) < 4.78 is 0. The molecule has 1 atom stereocenters. The average Bonchev–Trinajstić information content (AvgIpc) is 3.46. The maximum atomic E-state index is 12.7. The van der Waals surface area contributed by atoms with E-state index in [2.05, 4.69) is 27.8 Å². The minimum absolute atomic E-state index is 0.0526. The topological polar surface area (TPSA) is 104 Å². The number of aryl methyl sites for hydroxylation is 1. The molecule has 34 heavy (non-hydrogen) atoms. The zero-order valence-electron chi connectivity index (χ0n) is 19.2. The molecule has 0 aliphatic carbocycles. The lowest BCUT2D eigenvalue weighted by Gasteiger charge is -2.19. The minimum Gasteiger partial charge on any atom is -0.326 e. The van der Waals surface area contributed by atoms with Crippen LogP contribution in [-0.2, 0) is 16.0 Å². The van der Waals surface area contributed by atoms with Crippen LogP contribution >= 0.6 is 11.3 Å². The van der Waals surface area contributed by atoms with Crippen LogP contribution in [0.1, 0.15) is 60.0 Å². The van der Waals surface area contributed by atoms with E-state index in [1.807, 2.05) is 36.1 Å². The quantitative estimate of drug-likeness (QED) is 0.493. The Morgan fingerprint density at radius 1 is 1.06 bits per heavy atom. The highest BCUT2D eigenvalue weighted by Crippen LogP contribution is 2.35. The van der Waals surface area contributed by atoms with Gasteiger partial charge in [0.05, 0.1) is 0 Å². The number of amides is 3. The number of anilines is 3. The van der Waals surface area contributed by atoms with Crippen molar-refractivity contribution in [2.45, 2.75) is 45.4 Å². The van der Waals surface area contributed by atoms with E-state index >= 15 is 0 Å². The highest BCUT2D eigenvalue weighted by Gasteiger charge is 2.34. The Morgan fingerprint density at radius 2 is 1.82 bits per heavy atom. The molecule has 1 unspecified atom stereocenters. The number of carbonyl (C=O) groups is 3. The largest absolute Gasteiger partial charge is 0.326 e. The van der Waals surface area contributed by atoms with Crippen molar-refractivity contribution in [1.82, 2.24) is 10.2 Å². The fourth-order valence-corrected chi connectivity index (χ4v) is 4.78. The Bertz CT molecular complexity index is 1190. The van der Waals surface area contributed by atoms with Crippen molar-refractivity contribution >= 4 is 45.6 Å². The van der Waals surface area contributed by atoms with Crippen molar-refractivity contribution in [2.75, 3.05) is 22.1 Å². The molecule has 2 N–H and O–H groups in total. The van der Waals surface area contributed by atoms with Gasteiger partial charge in [0, 0.05) is 42.2 Å². The molecule has 1 aromatic heterocycles. The lowest BCUT2D eigenvalue weighted by atomic mass is 10.1. The molecule has 0 spiro atoms. The molecule has 9 heteroatoms. The van der Waals surface area contributed by atoms with Crippen LogP contribution in [0.2, 0.25) is 0 Å². The first kappa shape index (κ1) is 23.6. The van der Waals surface area contributed by atoms with Gasteiger partial charge in [-0.2, -0.15) is 0 Å². The number of hydrogen-bond acceptors (Lipinski definition) is 6. The second-order valence-corrected chi connectivity index (χ2v) is 9.17. The number of carbonyl (C=O) groups excluding carboxylic acids is 3. The molecule has 3 aromatic rings. The maximum absolute atomic E-state index is 12.7. The van der Waals surface area contributed by atoms with E-state index < -0.39 is 0 Å². The first-order valence-electron chi connectivity index (χ1n) is 11.4. The number of benzene rings is 2. The number of hydrogen-bond donors (Lipinski definition) is 2. The molecule has 8 nitrogen and oxygen atoms in total. The van der Waals surface area contributed by atoms with Crippen LogP contribution in [0.25, 0.3) is 0 Å². The fourth-order valence-electron chi connectivity index (χ4n) is 3.95. The summed E-state index contributed by atoms with van der Waals surface area (Å²) in [6.07, 6.45) is 2.45. The molecular weight excluding hydrogens is 450 g/mol. The summed E-state index contributed by atoms with van der Waals surface area (Å²) >= 11 is 1.29. The van der Waals surface area contributed by atoms with Gasteiger partial charge in [-0.1, -0.05) is 43.4 Å². The summed E-state index contributed by atoms with van der Waals surface area (Å²) in [6.45, 7) is 4.56. The van der Waals surface area contributed by atoms with E-state index in [-0.39, 0.29) is 23.6 Å². The molecule has 176 valence electrons. The molecule has 2 aromatic carbocycles. The summed E-state index contributed by atoms with van der Waals surface area (Å²) in [5.41, 5.74) is 3.18. The van der Waals surface area contributed by atoms with Gasteiger partial charge in [0.2, 0.25) is 16.9 Å². The molecule has 0 saturated carbocycles. The second-order valence-electron chi connectivity index (χ2n) is 8.16. The number of aromatic nitrogens is 2. The van der Waals surface area contributed by atoms with Crippen LogP contribution in [0.4, 0.5) is 16.5 Å². The van der Waals surface area contributed by atoms with Crippen molar-refractivity contribution in [2.24, 2.45) is 0 Å².